The summed E-state index contributed by atoms with van der Waals surface area (Å²) in [5, 5.41) is 0. The number of rotatable bonds is 5. The van der Waals surface area contributed by atoms with Gasteiger partial charge in [0, 0.05) is 5.70 Å². The number of ether oxygens (including phenoxy) is 3. The first-order chi connectivity index (χ1) is 10.2. The highest BCUT2D eigenvalue weighted by Crippen LogP contribution is 2.38. The highest BCUT2D eigenvalue weighted by molar-refractivity contribution is 5.80. The highest BCUT2D eigenvalue weighted by atomic mass is 16.5. The molecule has 2 N–H and O–H groups in total. The molecule has 0 amide bonds. The maximum atomic E-state index is 6.13. The third-order valence-corrected chi connectivity index (χ3v) is 3.12. The van der Waals surface area contributed by atoms with E-state index in [4.69, 9.17) is 19.9 Å². The van der Waals surface area contributed by atoms with Crippen LogP contribution in [0.4, 0.5) is 0 Å². The van der Waals surface area contributed by atoms with Crippen molar-refractivity contribution in [3.63, 3.8) is 0 Å². The molecular weight excluding hydrogens is 266 g/mol. The van der Waals surface area contributed by atoms with Crippen LogP contribution in [0.5, 0.6) is 17.2 Å². The molecule has 2 rings (SSSR count). The van der Waals surface area contributed by atoms with E-state index in [0.717, 1.165) is 11.1 Å². The monoisotopic (exact) mass is 285 g/mol. The third-order valence-electron chi connectivity index (χ3n) is 3.12. The van der Waals surface area contributed by atoms with Crippen molar-refractivity contribution < 1.29 is 14.2 Å². The van der Waals surface area contributed by atoms with E-state index in [-0.39, 0.29) is 0 Å². The van der Waals surface area contributed by atoms with Crippen molar-refractivity contribution in [2.75, 3.05) is 21.3 Å². The largest absolute Gasteiger partial charge is 0.493 e. The molecule has 0 saturated carbocycles. The summed E-state index contributed by atoms with van der Waals surface area (Å²) in [5.41, 5.74) is 8.64. The van der Waals surface area contributed by atoms with Gasteiger partial charge in [-0.15, -0.1) is 0 Å². The van der Waals surface area contributed by atoms with Gasteiger partial charge in [-0.2, -0.15) is 0 Å². The Morgan fingerprint density at radius 2 is 1.48 bits per heavy atom. The highest BCUT2D eigenvalue weighted by Gasteiger charge is 2.12. The second kappa shape index (κ2) is 6.70. The van der Waals surface area contributed by atoms with Crippen molar-refractivity contribution in [2.24, 2.45) is 5.73 Å². The molecule has 0 aliphatic rings. The van der Waals surface area contributed by atoms with E-state index >= 15 is 0 Å². The van der Waals surface area contributed by atoms with Gasteiger partial charge < -0.3 is 19.9 Å². The minimum atomic E-state index is 0.565. The average Bonchev–Trinajstić information content (AvgIpc) is 2.54. The second-order valence-corrected chi connectivity index (χ2v) is 4.42. The fraction of sp³-hybridized carbons (Fsp3) is 0.176. The summed E-state index contributed by atoms with van der Waals surface area (Å²) < 4.78 is 16.0. The molecule has 0 spiro atoms. The number of nitrogens with two attached hydrogens (primary N) is 1. The van der Waals surface area contributed by atoms with Gasteiger partial charge in [-0.3, -0.25) is 0 Å². The number of hydrogen-bond donors (Lipinski definition) is 1. The molecule has 0 heterocycles. The van der Waals surface area contributed by atoms with Crippen molar-refractivity contribution in [3.8, 4) is 17.2 Å². The predicted molar refractivity (Wildman–Crippen MR) is 84.6 cm³/mol. The van der Waals surface area contributed by atoms with Gasteiger partial charge in [0.1, 0.15) is 0 Å². The molecule has 0 unspecified atom stereocenters. The van der Waals surface area contributed by atoms with E-state index in [2.05, 4.69) is 0 Å². The van der Waals surface area contributed by atoms with Gasteiger partial charge in [0.25, 0.3) is 0 Å². The van der Waals surface area contributed by atoms with E-state index in [9.17, 15) is 0 Å². The van der Waals surface area contributed by atoms with Crippen LogP contribution in [-0.4, -0.2) is 21.3 Å². The fourth-order valence-corrected chi connectivity index (χ4v) is 2.08. The minimum Gasteiger partial charge on any atom is -0.493 e. The van der Waals surface area contributed by atoms with Crippen LogP contribution >= 0.6 is 0 Å². The molecule has 0 aliphatic heterocycles. The van der Waals surface area contributed by atoms with E-state index < -0.39 is 0 Å². The van der Waals surface area contributed by atoms with E-state index in [1.165, 1.54) is 0 Å². The van der Waals surface area contributed by atoms with Gasteiger partial charge in [-0.05, 0) is 29.3 Å². The summed E-state index contributed by atoms with van der Waals surface area (Å²) >= 11 is 0. The lowest BCUT2D eigenvalue weighted by atomic mass is 10.1. The molecule has 4 heteroatoms. The van der Waals surface area contributed by atoms with Crippen molar-refractivity contribution in [3.05, 3.63) is 53.6 Å². The van der Waals surface area contributed by atoms with Crippen LogP contribution in [0.15, 0.2) is 42.5 Å². The molecule has 0 bridgehead atoms. The normalized spacial score (nSPS) is 11.1. The first kappa shape index (κ1) is 14.8. The first-order valence-corrected chi connectivity index (χ1v) is 6.52. The fourth-order valence-electron chi connectivity index (χ4n) is 2.08. The maximum absolute atomic E-state index is 6.13. The summed E-state index contributed by atoms with van der Waals surface area (Å²) in [6, 6.07) is 13.5. The second-order valence-electron chi connectivity index (χ2n) is 4.42. The van der Waals surface area contributed by atoms with Gasteiger partial charge in [-0.25, -0.2) is 0 Å². The smallest absolute Gasteiger partial charge is 0.203 e. The van der Waals surface area contributed by atoms with Crippen LogP contribution in [0.3, 0.4) is 0 Å². The molecule has 0 radical (unpaired) electrons. The van der Waals surface area contributed by atoms with Crippen LogP contribution in [0.25, 0.3) is 11.8 Å². The Labute approximate surface area is 124 Å². The van der Waals surface area contributed by atoms with E-state index in [1.54, 1.807) is 21.3 Å². The maximum Gasteiger partial charge on any atom is 0.203 e. The van der Waals surface area contributed by atoms with Crippen LogP contribution in [-0.2, 0) is 0 Å². The van der Waals surface area contributed by atoms with Crippen molar-refractivity contribution in [2.45, 2.75) is 0 Å². The van der Waals surface area contributed by atoms with Gasteiger partial charge in [0.2, 0.25) is 5.75 Å². The zero-order valence-electron chi connectivity index (χ0n) is 12.4. The van der Waals surface area contributed by atoms with Crippen molar-refractivity contribution in [1.82, 2.24) is 0 Å². The Bertz CT molecular complexity index is 611. The van der Waals surface area contributed by atoms with E-state index in [0.29, 0.717) is 22.9 Å². The van der Waals surface area contributed by atoms with Crippen molar-refractivity contribution in [1.29, 1.82) is 0 Å². The van der Waals surface area contributed by atoms with Gasteiger partial charge in [0.15, 0.2) is 11.5 Å². The molecule has 21 heavy (non-hydrogen) atoms. The summed E-state index contributed by atoms with van der Waals surface area (Å²) in [6.07, 6.45) is 1.87. The summed E-state index contributed by atoms with van der Waals surface area (Å²) in [4.78, 5) is 0. The molecule has 4 nitrogen and oxygen atoms in total. The topological polar surface area (TPSA) is 53.7 Å². The Balaban J connectivity index is 2.45. The predicted octanol–water partition coefficient (Wildman–Crippen LogP) is 3.17. The summed E-state index contributed by atoms with van der Waals surface area (Å²) in [5.74, 6) is 1.77. The van der Waals surface area contributed by atoms with Crippen LogP contribution in [0, 0.1) is 0 Å². The van der Waals surface area contributed by atoms with Crippen LogP contribution in [0.2, 0.25) is 0 Å². The van der Waals surface area contributed by atoms with Crippen LogP contribution in [0.1, 0.15) is 11.1 Å². The lowest BCUT2D eigenvalue weighted by Gasteiger charge is -2.13. The molecule has 0 fully saturated rings. The molecule has 0 aliphatic carbocycles. The standard InChI is InChI=1S/C17H19NO3/c1-19-15-10-12(11-16(20-2)17(15)21-3)9-14(18)13-7-5-4-6-8-13/h4-11H,18H2,1-3H3. The Morgan fingerprint density at radius 3 is 1.95 bits per heavy atom. The molecule has 0 aromatic heterocycles. The average molecular weight is 285 g/mol. The zero-order chi connectivity index (χ0) is 15.2. The minimum absolute atomic E-state index is 0.565. The Kier molecular flexibility index (Phi) is 4.72. The number of hydrogen-bond acceptors (Lipinski definition) is 4. The molecule has 110 valence electrons. The van der Waals surface area contributed by atoms with Crippen molar-refractivity contribution >= 4 is 11.8 Å². The van der Waals surface area contributed by atoms with Gasteiger partial charge in [-0.1, -0.05) is 30.3 Å². The Hall–Kier alpha value is -2.62. The van der Waals surface area contributed by atoms with Gasteiger partial charge in [0.05, 0.1) is 21.3 Å². The lowest BCUT2D eigenvalue weighted by molar-refractivity contribution is 0.324. The lowest BCUT2D eigenvalue weighted by Crippen LogP contribution is -1.98. The van der Waals surface area contributed by atoms with Crippen LogP contribution < -0.4 is 19.9 Å². The molecule has 2 aromatic rings. The third kappa shape index (κ3) is 3.28. The Morgan fingerprint density at radius 1 is 0.905 bits per heavy atom. The molecular formula is C17H19NO3. The quantitative estimate of drug-likeness (QED) is 0.857. The molecule has 2 aromatic carbocycles. The summed E-state index contributed by atoms with van der Waals surface area (Å²) in [6.45, 7) is 0. The molecule has 0 atom stereocenters. The zero-order valence-corrected chi connectivity index (χ0v) is 12.4. The number of benzene rings is 2. The SMILES string of the molecule is COc1cc(C=C(N)c2ccccc2)cc(OC)c1OC. The summed E-state index contributed by atoms with van der Waals surface area (Å²) in [7, 11) is 4.75. The number of methoxy groups -OCH3 is 3. The molecule has 0 saturated heterocycles. The first-order valence-electron chi connectivity index (χ1n) is 6.52. The van der Waals surface area contributed by atoms with Gasteiger partial charge >= 0.3 is 0 Å². The van der Waals surface area contributed by atoms with E-state index in [1.807, 2.05) is 48.5 Å².